The molecule has 108 valence electrons. The van der Waals surface area contributed by atoms with E-state index in [1.54, 1.807) is 0 Å². The highest BCUT2D eigenvalue weighted by atomic mass is 32.1. The molecule has 0 amide bonds. The summed E-state index contributed by atoms with van der Waals surface area (Å²) in [5, 5.41) is 0. The fourth-order valence-corrected chi connectivity index (χ4v) is 2.88. The number of nitrogens with zero attached hydrogens (tertiary/aromatic N) is 2. The number of likely N-dealkylation sites (N-methyl/N-ethyl adjacent to an activating group) is 2. The van der Waals surface area contributed by atoms with E-state index in [1.165, 1.54) is 0 Å². The molecule has 19 heavy (non-hydrogen) atoms. The van der Waals surface area contributed by atoms with Crippen molar-refractivity contribution in [1.82, 2.24) is 4.90 Å². The molecular formula is C15H26N2OS. The molecule has 0 aliphatic heterocycles. The average Bonchev–Trinajstić information content (AvgIpc) is 2.33. The van der Waals surface area contributed by atoms with Crippen molar-refractivity contribution in [2.75, 3.05) is 38.1 Å². The third-order valence-electron chi connectivity index (χ3n) is 3.66. The van der Waals surface area contributed by atoms with Gasteiger partial charge in [0, 0.05) is 25.7 Å². The fourth-order valence-electron chi connectivity index (χ4n) is 2.38. The number of hydrogen-bond donors (Lipinski definition) is 0. The molecular weight excluding hydrogens is 256 g/mol. The molecule has 0 spiro atoms. The van der Waals surface area contributed by atoms with Gasteiger partial charge in [-0.3, -0.25) is 4.79 Å². The Bertz CT molecular complexity index is 491. The molecule has 0 saturated heterocycles. The second-order valence-electron chi connectivity index (χ2n) is 6.08. The molecule has 1 aromatic carbocycles. The van der Waals surface area contributed by atoms with Gasteiger partial charge in [-0.15, -0.1) is 0 Å². The normalized spacial score (nSPS) is 12.4. The van der Waals surface area contributed by atoms with Gasteiger partial charge in [0.2, 0.25) is 5.43 Å². The van der Waals surface area contributed by atoms with Gasteiger partial charge >= 0.3 is 0 Å². The summed E-state index contributed by atoms with van der Waals surface area (Å²) >= 11 is 5.21. The van der Waals surface area contributed by atoms with Crippen LogP contribution in [0.25, 0.3) is 0 Å². The molecule has 0 aromatic heterocycles. The standard InChI is InChI=1S/C15H26N2OS/c1-7-17(8-2)10-9-16(6)12-11(15(3,4)5)14(19)13(12)18/h7-10H2,1-6H3. The Kier molecular flexibility index (Phi) is 5.27. The summed E-state index contributed by atoms with van der Waals surface area (Å²) in [6, 6.07) is 0. The van der Waals surface area contributed by atoms with Crippen LogP contribution in [0.4, 0.5) is 5.69 Å². The van der Waals surface area contributed by atoms with Gasteiger partial charge in [-0.2, -0.15) is 0 Å². The van der Waals surface area contributed by atoms with E-state index in [0.717, 1.165) is 37.4 Å². The Hall–Kier alpha value is -0.740. The fraction of sp³-hybridized carbons (Fsp3) is 0.733. The lowest BCUT2D eigenvalue weighted by atomic mass is 9.82. The Labute approximate surface area is 121 Å². The summed E-state index contributed by atoms with van der Waals surface area (Å²) in [5.74, 6) is 0. The Morgan fingerprint density at radius 1 is 1.11 bits per heavy atom. The molecule has 0 aliphatic carbocycles. The van der Waals surface area contributed by atoms with E-state index >= 15 is 0 Å². The first-order valence-electron chi connectivity index (χ1n) is 7.01. The third kappa shape index (κ3) is 3.42. The first kappa shape index (κ1) is 16.3. The van der Waals surface area contributed by atoms with E-state index in [1.807, 2.05) is 7.05 Å². The van der Waals surface area contributed by atoms with Crippen LogP contribution in [0.1, 0.15) is 40.2 Å². The SMILES string of the molecule is CCN(CC)CCN(C)c1c(C(C)(C)C)c(=S)c1=O. The lowest BCUT2D eigenvalue weighted by molar-refractivity contribution is 0.311. The molecule has 0 atom stereocenters. The maximum absolute atomic E-state index is 12.0. The average molecular weight is 282 g/mol. The van der Waals surface area contributed by atoms with Gasteiger partial charge in [0.05, 0.1) is 10.2 Å². The van der Waals surface area contributed by atoms with Crippen molar-refractivity contribution in [2.24, 2.45) is 0 Å². The van der Waals surface area contributed by atoms with E-state index in [-0.39, 0.29) is 10.8 Å². The van der Waals surface area contributed by atoms with Crippen LogP contribution in [0.2, 0.25) is 0 Å². The summed E-state index contributed by atoms with van der Waals surface area (Å²) < 4.78 is 0.525. The Morgan fingerprint density at radius 2 is 1.63 bits per heavy atom. The van der Waals surface area contributed by atoms with Crippen LogP contribution in [0.3, 0.4) is 0 Å². The molecule has 0 aliphatic rings. The summed E-state index contributed by atoms with van der Waals surface area (Å²) in [5.41, 5.74) is 1.87. The van der Waals surface area contributed by atoms with Crippen molar-refractivity contribution in [2.45, 2.75) is 40.0 Å². The molecule has 0 fully saturated rings. The van der Waals surface area contributed by atoms with Crippen LogP contribution in [-0.4, -0.2) is 38.1 Å². The first-order valence-corrected chi connectivity index (χ1v) is 7.42. The lowest BCUT2D eigenvalue weighted by Crippen LogP contribution is -2.39. The van der Waals surface area contributed by atoms with Gasteiger partial charge in [0.15, 0.2) is 0 Å². The van der Waals surface area contributed by atoms with Crippen molar-refractivity contribution in [3.8, 4) is 0 Å². The minimum Gasteiger partial charge on any atom is -0.370 e. The lowest BCUT2D eigenvalue weighted by Gasteiger charge is -2.32. The third-order valence-corrected chi connectivity index (χ3v) is 4.05. The van der Waals surface area contributed by atoms with Crippen LogP contribution in [0.5, 0.6) is 0 Å². The summed E-state index contributed by atoms with van der Waals surface area (Å²) in [4.78, 5) is 16.4. The molecule has 1 rings (SSSR count). The highest BCUT2D eigenvalue weighted by molar-refractivity contribution is 7.71. The summed E-state index contributed by atoms with van der Waals surface area (Å²) in [6.45, 7) is 14.6. The largest absolute Gasteiger partial charge is 0.370 e. The number of anilines is 1. The van der Waals surface area contributed by atoms with Gasteiger partial charge in [-0.25, -0.2) is 0 Å². The number of hydrogen-bond acceptors (Lipinski definition) is 4. The van der Waals surface area contributed by atoms with E-state index in [2.05, 4.69) is 44.4 Å². The van der Waals surface area contributed by atoms with E-state index in [9.17, 15) is 4.79 Å². The first-order chi connectivity index (χ1) is 8.73. The van der Waals surface area contributed by atoms with Gasteiger partial charge in [-0.1, -0.05) is 46.8 Å². The summed E-state index contributed by atoms with van der Waals surface area (Å²) in [7, 11) is 1.99. The molecule has 0 heterocycles. The van der Waals surface area contributed by atoms with Crippen LogP contribution < -0.4 is 10.3 Å². The molecule has 0 radical (unpaired) electrons. The van der Waals surface area contributed by atoms with E-state index < -0.39 is 0 Å². The van der Waals surface area contributed by atoms with Crippen molar-refractivity contribution in [3.63, 3.8) is 0 Å². The predicted octanol–water partition coefficient (Wildman–Crippen LogP) is 2.73. The minimum atomic E-state index is -0.0518. The van der Waals surface area contributed by atoms with Crippen molar-refractivity contribution in [1.29, 1.82) is 0 Å². The molecule has 4 heteroatoms. The Balaban J connectivity index is 2.85. The second kappa shape index (κ2) is 6.14. The Morgan fingerprint density at radius 3 is 2.05 bits per heavy atom. The van der Waals surface area contributed by atoms with Crippen LogP contribution >= 0.6 is 12.2 Å². The van der Waals surface area contributed by atoms with Crippen molar-refractivity contribution >= 4 is 17.9 Å². The molecule has 1 aromatic rings. The van der Waals surface area contributed by atoms with Gasteiger partial charge < -0.3 is 9.80 Å². The quantitative estimate of drug-likeness (QED) is 0.749. The topological polar surface area (TPSA) is 23.6 Å². The number of rotatable bonds is 6. The summed E-state index contributed by atoms with van der Waals surface area (Å²) in [6.07, 6.45) is 0. The molecule has 3 nitrogen and oxygen atoms in total. The highest BCUT2D eigenvalue weighted by Crippen LogP contribution is 2.32. The van der Waals surface area contributed by atoms with E-state index in [0.29, 0.717) is 4.51 Å². The van der Waals surface area contributed by atoms with Crippen LogP contribution in [0.15, 0.2) is 4.79 Å². The maximum Gasteiger partial charge on any atom is 0.220 e. The van der Waals surface area contributed by atoms with Crippen molar-refractivity contribution < 1.29 is 0 Å². The minimum absolute atomic E-state index is 0.0435. The maximum atomic E-state index is 12.0. The van der Waals surface area contributed by atoms with E-state index in [4.69, 9.17) is 12.2 Å². The van der Waals surface area contributed by atoms with Crippen molar-refractivity contribution in [3.05, 3.63) is 20.3 Å². The van der Waals surface area contributed by atoms with Gasteiger partial charge in [-0.05, 0) is 18.5 Å². The smallest absolute Gasteiger partial charge is 0.220 e. The second-order valence-corrected chi connectivity index (χ2v) is 6.49. The van der Waals surface area contributed by atoms with Gasteiger partial charge in [0.25, 0.3) is 0 Å². The van der Waals surface area contributed by atoms with Crippen LogP contribution in [0, 0.1) is 4.51 Å². The molecule has 0 N–H and O–H groups in total. The molecule has 0 unspecified atom stereocenters. The monoisotopic (exact) mass is 282 g/mol. The molecule has 0 saturated carbocycles. The van der Waals surface area contributed by atoms with Crippen LogP contribution in [-0.2, 0) is 5.41 Å². The zero-order valence-electron chi connectivity index (χ0n) is 13.0. The zero-order valence-corrected chi connectivity index (χ0v) is 13.9. The highest BCUT2D eigenvalue weighted by Gasteiger charge is 2.29. The predicted molar refractivity (Wildman–Crippen MR) is 85.7 cm³/mol. The van der Waals surface area contributed by atoms with Gasteiger partial charge in [0.1, 0.15) is 0 Å². The molecule has 0 bridgehead atoms. The zero-order chi connectivity index (χ0) is 14.8.